The number of benzene rings is 1. The Bertz CT molecular complexity index is 1150. The molecule has 34 heavy (non-hydrogen) atoms. The molecule has 0 unspecified atom stereocenters. The summed E-state index contributed by atoms with van der Waals surface area (Å²) in [6.45, 7) is 12.2. The van der Waals surface area contributed by atoms with Crippen molar-refractivity contribution in [2.45, 2.75) is 20.0 Å². The molecule has 0 atom stereocenters. The molecule has 1 aliphatic rings. The summed E-state index contributed by atoms with van der Waals surface area (Å²) in [5.41, 5.74) is 0.709. The average Bonchev–Trinajstić information content (AvgIpc) is 2.79. The van der Waals surface area contributed by atoms with Gasteiger partial charge < -0.3 is 9.80 Å². The van der Waals surface area contributed by atoms with Gasteiger partial charge in [-0.1, -0.05) is 19.2 Å². The Hall–Kier alpha value is -3.56. The van der Waals surface area contributed by atoms with E-state index in [1.54, 1.807) is 17.9 Å². The Morgan fingerprint density at radius 2 is 1.65 bits per heavy atom. The molecule has 2 heterocycles. The Morgan fingerprint density at radius 3 is 2.24 bits per heavy atom. The van der Waals surface area contributed by atoms with Crippen LogP contribution in [0.3, 0.4) is 0 Å². The van der Waals surface area contributed by atoms with Crippen molar-refractivity contribution in [3.8, 4) is 0 Å². The molecule has 0 bridgehead atoms. The van der Waals surface area contributed by atoms with Gasteiger partial charge in [0.15, 0.2) is 11.6 Å². The van der Waals surface area contributed by atoms with Crippen LogP contribution in [0.5, 0.6) is 0 Å². The Morgan fingerprint density at radius 1 is 1.03 bits per heavy atom. The second-order valence-electron chi connectivity index (χ2n) is 7.68. The molecule has 0 N–H and O–H groups in total. The molecule has 1 fully saturated rings. The largest absolute Gasteiger partial charge is 0.433 e. The van der Waals surface area contributed by atoms with E-state index in [0.717, 1.165) is 18.2 Å². The Kier molecular flexibility index (Phi) is 7.48. The van der Waals surface area contributed by atoms with E-state index >= 15 is 0 Å². The second-order valence-corrected chi connectivity index (χ2v) is 7.68. The maximum absolute atomic E-state index is 14.1. The second kappa shape index (κ2) is 10.1. The summed E-state index contributed by atoms with van der Waals surface area (Å²) in [6.07, 6.45) is 0.0734. The monoisotopic (exact) mass is 477 g/mol. The lowest BCUT2D eigenvalue weighted by atomic mass is 9.99. The minimum Gasteiger partial charge on any atom is -0.368 e. The minimum absolute atomic E-state index is 0.0309. The highest BCUT2D eigenvalue weighted by molar-refractivity contribution is 6.03. The summed E-state index contributed by atoms with van der Waals surface area (Å²) in [4.78, 5) is 15.5. The quantitative estimate of drug-likeness (QED) is 0.318. The molecule has 0 radical (unpaired) electrons. The number of allylic oxidation sites excluding steroid dienone is 2. The van der Waals surface area contributed by atoms with E-state index < -0.39 is 23.5 Å². The van der Waals surface area contributed by atoms with Crippen LogP contribution < -0.4 is 4.90 Å². The molecule has 1 aliphatic heterocycles. The normalized spacial score (nSPS) is 15.2. The highest BCUT2D eigenvalue weighted by Crippen LogP contribution is 2.31. The summed E-state index contributed by atoms with van der Waals surface area (Å²) >= 11 is 0. The van der Waals surface area contributed by atoms with Crippen LogP contribution in [0.25, 0.3) is 5.70 Å². The minimum atomic E-state index is -4.57. The number of piperazine rings is 1. The summed E-state index contributed by atoms with van der Waals surface area (Å²) in [7, 11) is 0. The maximum atomic E-state index is 14.1. The lowest BCUT2D eigenvalue weighted by Gasteiger charge is -2.38. The van der Waals surface area contributed by atoms with Crippen molar-refractivity contribution in [3.63, 3.8) is 0 Å². The van der Waals surface area contributed by atoms with Crippen LogP contribution in [-0.4, -0.2) is 46.8 Å². The first kappa shape index (κ1) is 25.1. The van der Waals surface area contributed by atoms with Gasteiger partial charge in [-0.05, 0) is 32.1 Å². The summed E-state index contributed by atoms with van der Waals surface area (Å²) in [6, 6.07) is 3.09. The number of rotatable bonds is 6. The van der Waals surface area contributed by atoms with Gasteiger partial charge in [-0.25, -0.2) is 18.7 Å². The van der Waals surface area contributed by atoms with E-state index in [1.165, 1.54) is 19.2 Å². The van der Waals surface area contributed by atoms with E-state index in [9.17, 15) is 22.0 Å². The molecule has 0 saturated carbocycles. The topological polar surface area (TPSA) is 44.6 Å². The summed E-state index contributed by atoms with van der Waals surface area (Å²) in [5.74, 6) is -1.79. The zero-order valence-electron chi connectivity index (χ0n) is 18.8. The van der Waals surface area contributed by atoms with E-state index in [0.29, 0.717) is 48.7 Å². The Balaban J connectivity index is 1.82. The van der Waals surface area contributed by atoms with Crippen molar-refractivity contribution in [2.75, 3.05) is 31.1 Å². The van der Waals surface area contributed by atoms with Crippen molar-refractivity contribution in [2.24, 2.45) is 4.99 Å². The summed E-state index contributed by atoms with van der Waals surface area (Å²) < 4.78 is 67.5. The first-order valence-electron chi connectivity index (χ1n) is 10.4. The van der Waals surface area contributed by atoms with Gasteiger partial charge in [0.1, 0.15) is 17.3 Å². The number of halogens is 5. The number of hydrogen-bond acceptors (Lipinski definition) is 5. The molecular formula is C24H24F5N5. The number of nitrogens with zero attached hydrogens (tertiary/aromatic N) is 5. The number of aromatic nitrogens is 2. The van der Waals surface area contributed by atoms with Gasteiger partial charge in [0, 0.05) is 61.0 Å². The fourth-order valence-corrected chi connectivity index (χ4v) is 3.61. The van der Waals surface area contributed by atoms with E-state index in [4.69, 9.17) is 0 Å². The number of aryl methyl sites for hydroxylation is 1. The summed E-state index contributed by atoms with van der Waals surface area (Å²) in [5, 5.41) is 0. The first-order valence-corrected chi connectivity index (χ1v) is 10.4. The lowest BCUT2D eigenvalue weighted by molar-refractivity contribution is -0.141. The number of aliphatic imine (C=N–C) groups is 1. The van der Waals surface area contributed by atoms with Crippen LogP contribution in [0.2, 0.25) is 0 Å². The predicted molar refractivity (Wildman–Crippen MR) is 122 cm³/mol. The standard InChI is InChI=1S/C24H24F5N5/c1-5-6-7-30-15(2)18-12-20(25)21(26)13-19(18)16(3)33-8-10-34(11-9-33)23-14-22(24(27,28)29)31-17(4)32-23/h5-7,12-14H,1,3,8-11H2,2,4H3/b7-6-,30-15?. The molecule has 0 spiro atoms. The highest BCUT2D eigenvalue weighted by atomic mass is 19.4. The van der Waals surface area contributed by atoms with Gasteiger partial charge in [0.05, 0.1) is 0 Å². The van der Waals surface area contributed by atoms with Crippen molar-refractivity contribution in [1.29, 1.82) is 0 Å². The molecular weight excluding hydrogens is 453 g/mol. The molecule has 1 aromatic heterocycles. The van der Waals surface area contributed by atoms with E-state index in [2.05, 4.69) is 28.1 Å². The van der Waals surface area contributed by atoms with Crippen LogP contribution in [0.4, 0.5) is 27.8 Å². The third-order valence-corrected chi connectivity index (χ3v) is 5.35. The third kappa shape index (κ3) is 5.67. The number of alkyl halides is 3. The molecule has 0 amide bonds. The Labute approximate surface area is 194 Å². The average molecular weight is 477 g/mol. The SMILES string of the molecule is C=C/C=C\N=C(C)c1cc(F)c(F)cc1C(=C)N1CCN(c2cc(C(F)(F)F)nc(C)n2)CC1. The van der Waals surface area contributed by atoms with Gasteiger partial charge in [-0.2, -0.15) is 13.2 Å². The van der Waals surface area contributed by atoms with Crippen LogP contribution in [0.1, 0.15) is 29.6 Å². The molecule has 180 valence electrons. The van der Waals surface area contributed by atoms with Gasteiger partial charge in [-0.15, -0.1) is 0 Å². The predicted octanol–water partition coefficient (Wildman–Crippen LogP) is 5.38. The zero-order chi connectivity index (χ0) is 25.0. The van der Waals surface area contributed by atoms with Gasteiger partial charge in [-0.3, -0.25) is 4.99 Å². The van der Waals surface area contributed by atoms with Crippen LogP contribution in [-0.2, 0) is 6.18 Å². The third-order valence-electron chi connectivity index (χ3n) is 5.35. The molecule has 2 aromatic rings. The van der Waals surface area contributed by atoms with Crippen LogP contribution >= 0.6 is 0 Å². The number of anilines is 1. The maximum Gasteiger partial charge on any atom is 0.433 e. The lowest BCUT2D eigenvalue weighted by Crippen LogP contribution is -2.46. The van der Waals surface area contributed by atoms with E-state index in [-0.39, 0.29) is 11.6 Å². The van der Waals surface area contributed by atoms with Gasteiger partial charge >= 0.3 is 6.18 Å². The molecule has 1 aromatic carbocycles. The molecule has 3 rings (SSSR count). The number of hydrogen-bond donors (Lipinski definition) is 0. The fourth-order valence-electron chi connectivity index (χ4n) is 3.61. The fraction of sp³-hybridized carbons (Fsp3) is 0.292. The molecule has 0 aliphatic carbocycles. The first-order chi connectivity index (χ1) is 16.0. The smallest absolute Gasteiger partial charge is 0.368 e. The van der Waals surface area contributed by atoms with Crippen molar-refractivity contribution in [3.05, 3.63) is 84.0 Å². The van der Waals surface area contributed by atoms with Crippen molar-refractivity contribution in [1.82, 2.24) is 14.9 Å². The molecule has 5 nitrogen and oxygen atoms in total. The van der Waals surface area contributed by atoms with E-state index in [1.807, 2.05) is 4.90 Å². The highest BCUT2D eigenvalue weighted by Gasteiger charge is 2.34. The zero-order valence-corrected chi connectivity index (χ0v) is 18.8. The van der Waals surface area contributed by atoms with Crippen molar-refractivity contribution >= 4 is 17.2 Å². The molecule has 1 saturated heterocycles. The van der Waals surface area contributed by atoms with Gasteiger partial charge in [0.25, 0.3) is 0 Å². The van der Waals surface area contributed by atoms with Crippen LogP contribution in [0, 0.1) is 18.6 Å². The van der Waals surface area contributed by atoms with Crippen LogP contribution in [0.15, 0.2) is 54.7 Å². The van der Waals surface area contributed by atoms with Crippen molar-refractivity contribution < 1.29 is 22.0 Å². The molecule has 10 heteroatoms. The van der Waals surface area contributed by atoms with Gasteiger partial charge in [0.2, 0.25) is 0 Å².